The molecule has 1 amide bonds. The van der Waals surface area contributed by atoms with E-state index in [-0.39, 0.29) is 11.7 Å². The molecule has 1 N–H and O–H groups in total. The summed E-state index contributed by atoms with van der Waals surface area (Å²) in [6.07, 6.45) is 5.30. The molecule has 0 aromatic carbocycles. The molecule has 1 aromatic rings. The van der Waals surface area contributed by atoms with Crippen LogP contribution in [0, 0.1) is 17.2 Å². The van der Waals surface area contributed by atoms with Gasteiger partial charge in [0.05, 0.1) is 11.8 Å². The van der Waals surface area contributed by atoms with Crippen LogP contribution < -0.4 is 5.32 Å². The number of nitriles is 1. The lowest BCUT2D eigenvalue weighted by molar-refractivity contribution is -0.119. The third-order valence-corrected chi connectivity index (χ3v) is 3.78. The molecule has 1 aliphatic rings. The minimum atomic E-state index is -0.727. The van der Waals surface area contributed by atoms with E-state index in [4.69, 9.17) is 5.26 Å². The van der Waals surface area contributed by atoms with Crippen LogP contribution in [0.5, 0.6) is 0 Å². The summed E-state index contributed by atoms with van der Waals surface area (Å²) in [6, 6.07) is 3.92. The normalized spacial score (nSPS) is 17.6. The van der Waals surface area contributed by atoms with Gasteiger partial charge in [0.15, 0.2) is 5.16 Å². The molecule has 2 rings (SSSR count). The summed E-state index contributed by atoms with van der Waals surface area (Å²) in [4.78, 5) is 19.8. The maximum Gasteiger partial charge on any atom is 0.231 e. The molecule has 1 aromatic heterocycles. The fraction of sp³-hybridized carbons (Fsp3) is 0.500. The molecular formula is C12H14N4OS. The number of nitrogens with zero attached hydrogens (tertiary/aromatic N) is 3. The van der Waals surface area contributed by atoms with Gasteiger partial charge < -0.3 is 5.32 Å². The zero-order valence-corrected chi connectivity index (χ0v) is 10.9. The van der Waals surface area contributed by atoms with Gasteiger partial charge in [-0.2, -0.15) is 5.26 Å². The zero-order valence-electron chi connectivity index (χ0n) is 10.1. The van der Waals surface area contributed by atoms with Crippen LogP contribution in [0.4, 0.5) is 0 Å². The summed E-state index contributed by atoms with van der Waals surface area (Å²) in [5, 5.41) is 12.5. The van der Waals surface area contributed by atoms with E-state index >= 15 is 0 Å². The Hall–Kier alpha value is -1.61. The summed E-state index contributed by atoms with van der Waals surface area (Å²) in [7, 11) is 0. The van der Waals surface area contributed by atoms with Crippen molar-refractivity contribution in [2.24, 2.45) is 5.92 Å². The van der Waals surface area contributed by atoms with Gasteiger partial charge >= 0.3 is 0 Å². The minimum absolute atomic E-state index is 0.150. The largest absolute Gasteiger partial charge is 0.337 e. The van der Waals surface area contributed by atoms with Crippen molar-refractivity contribution in [1.29, 1.82) is 5.26 Å². The molecule has 0 spiro atoms. The molecule has 18 heavy (non-hydrogen) atoms. The van der Waals surface area contributed by atoms with Crippen molar-refractivity contribution >= 4 is 17.7 Å². The smallest absolute Gasteiger partial charge is 0.231 e. The van der Waals surface area contributed by atoms with Gasteiger partial charge in [-0.3, -0.25) is 4.79 Å². The van der Waals surface area contributed by atoms with E-state index in [0.717, 1.165) is 12.8 Å². The highest BCUT2D eigenvalue weighted by molar-refractivity contribution is 7.99. The molecule has 6 heteroatoms. The number of carbonyl (C=O) groups excluding carboxylic acids is 1. The van der Waals surface area contributed by atoms with E-state index in [0.29, 0.717) is 11.1 Å². The van der Waals surface area contributed by atoms with Crippen molar-refractivity contribution in [1.82, 2.24) is 15.3 Å². The first-order valence-corrected chi connectivity index (χ1v) is 6.75. The number of amides is 1. The first-order valence-electron chi connectivity index (χ1n) is 5.76. The average Bonchev–Trinajstić information content (AvgIpc) is 3.22. The number of rotatable bonds is 5. The highest BCUT2D eigenvalue weighted by Gasteiger charge is 2.42. The molecule has 0 bridgehead atoms. The van der Waals surface area contributed by atoms with Crippen LogP contribution in [0.3, 0.4) is 0 Å². The Labute approximate surface area is 110 Å². The lowest BCUT2D eigenvalue weighted by Gasteiger charge is -2.22. The Morgan fingerprint density at radius 1 is 1.61 bits per heavy atom. The van der Waals surface area contributed by atoms with E-state index in [1.165, 1.54) is 11.8 Å². The lowest BCUT2D eigenvalue weighted by Crippen LogP contribution is -2.47. The van der Waals surface area contributed by atoms with E-state index in [2.05, 4.69) is 21.4 Å². The minimum Gasteiger partial charge on any atom is -0.337 e. The molecule has 0 saturated heterocycles. The van der Waals surface area contributed by atoms with Crippen LogP contribution >= 0.6 is 11.8 Å². The van der Waals surface area contributed by atoms with E-state index < -0.39 is 5.54 Å². The number of carbonyl (C=O) groups is 1. The first kappa shape index (κ1) is 12.8. The zero-order chi connectivity index (χ0) is 13.0. The van der Waals surface area contributed by atoms with Gasteiger partial charge in [0.25, 0.3) is 0 Å². The predicted octanol–water partition coefficient (Wildman–Crippen LogP) is 1.38. The van der Waals surface area contributed by atoms with E-state index in [9.17, 15) is 4.79 Å². The van der Waals surface area contributed by atoms with Gasteiger partial charge in [0, 0.05) is 12.4 Å². The summed E-state index contributed by atoms with van der Waals surface area (Å²) in [5.41, 5.74) is -0.727. The van der Waals surface area contributed by atoms with Crippen molar-refractivity contribution in [3.8, 4) is 6.07 Å². The van der Waals surface area contributed by atoms with Crippen molar-refractivity contribution in [3.63, 3.8) is 0 Å². The standard InChI is InChI=1S/C12H14N4OS/c1-12(8-13,9-3-4-9)16-10(17)7-18-11-14-5-2-6-15-11/h2,5-6,9H,3-4,7H2,1H3,(H,16,17)/t12-/m0/s1. The molecular weight excluding hydrogens is 248 g/mol. The summed E-state index contributed by atoms with van der Waals surface area (Å²) in [6.45, 7) is 1.78. The SMILES string of the molecule is C[C@@](C#N)(NC(=O)CSc1ncccn1)C1CC1. The Balaban J connectivity index is 1.84. The molecule has 1 heterocycles. The topological polar surface area (TPSA) is 78.7 Å². The Kier molecular flexibility index (Phi) is 3.82. The van der Waals surface area contributed by atoms with Crippen LogP contribution in [-0.2, 0) is 4.79 Å². The van der Waals surface area contributed by atoms with Crippen molar-refractivity contribution in [2.75, 3.05) is 5.75 Å². The van der Waals surface area contributed by atoms with Gasteiger partial charge in [-0.1, -0.05) is 11.8 Å². The van der Waals surface area contributed by atoms with Gasteiger partial charge in [0.2, 0.25) is 5.91 Å². The third kappa shape index (κ3) is 3.20. The fourth-order valence-electron chi connectivity index (χ4n) is 1.70. The lowest BCUT2D eigenvalue weighted by atomic mass is 9.98. The number of hydrogen-bond acceptors (Lipinski definition) is 5. The highest BCUT2D eigenvalue weighted by atomic mass is 32.2. The Bertz CT molecular complexity index is 469. The second-order valence-electron chi connectivity index (χ2n) is 4.46. The van der Waals surface area contributed by atoms with Crippen molar-refractivity contribution in [3.05, 3.63) is 18.5 Å². The van der Waals surface area contributed by atoms with Gasteiger partial charge in [-0.25, -0.2) is 9.97 Å². The Morgan fingerprint density at radius 2 is 2.28 bits per heavy atom. The molecule has 5 nitrogen and oxygen atoms in total. The van der Waals surface area contributed by atoms with Crippen molar-refractivity contribution in [2.45, 2.75) is 30.5 Å². The second-order valence-corrected chi connectivity index (χ2v) is 5.40. The van der Waals surface area contributed by atoms with Gasteiger partial charge in [-0.05, 0) is 31.7 Å². The molecule has 0 unspecified atom stereocenters. The first-order chi connectivity index (χ1) is 8.64. The van der Waals surface area contributed by atoms with Gasteiger partial charge in [0.1, 0.15) is 5.54 Å². The monoisotopic (exact) mass is 262 g/mol. The number of hydrogen-bond donors (Lipinski definition) is 1. The summed E-state index contributed by atoms with van der Waals surface area (Å²) < 4.78 is 0. The molecule has 1 saturated carbocycles. The van der Waals surface area contributed by atoms with Crippen LogP contribution in [-0.4, -0.2) is 27.2 Å². The number of aromatic nitrogens is 2. The van der Waals surface area contributed by atoms with Crippen molar-refractivity contribution < 1.29 is 4.79 Å². The maximum atomic E-state index is 11.8. The number of nitrogens with one attached hydrogen (secondary N) is 1. The van der Waals surface area contributed by atoms with Gasteiger partial charge in [-0.15, -0.1) is 0 Å². The molecule has 1 aliphatic carbocycles. The van der Waals surface area contributed by atoms with Crippen LogP contribution in [0.15, 0.2) is 23.6 Å². The quantitative estimate of drug-likeness (QED) is 0.640. The van der Waals surface area contributed by atoms with Crippen LogP contribution in [0.1, 0.15) is 19.8 Å². The highest BCUT2D eigenvalue weighted by Crippen LogP contribution is 2.39. The summed E-state index contributed by atoms with van der Waals surface area (Å²) in [5.74, 6) is 0.376. The molecule has 0 radical (unpaired) electrons. The van der Waals surface area contributed by atoms with Crippen LogP contribution in [0.25, 0.3) is 0 Å². The fourth-order valence-corrected chi connectivity index (χ4v) is 2.30. The second kappa shape index (κ2) is 5.36. The molecule has 1 fully saturated rings. The third-order valence-electron chi connectivity index (χ3n) is 2.90. The molecule has 1 atom stereocenters. The number of thioether (sulfide) groups is 1. The average molecular weight is 262 g/mol. The van der Waals surface area contributed by atoms with Crippen LogP contribution in [0.2, 0.25) is 0 Å². The molecule has 94 valence electrons. The molecule has 0 aliphatic heterocycles. The van der Waals surface area contributed by atoms with E-state index in [1.807, 2.05) is 0 Å². The predicted molar refractivity (Wildman–Crippen MR) is 67.6 cm³/mol. The maximum absolute atomic E-state index is 11.8. The Morgan fingerprint density at radius 3 is 2.83 bits per heavy atom. The van der Waals surface area contributed by atoms with E-state index in [1.54, 1.807) is 25.4 Å². The summed E-state index contributed by atoms with van der Waals surface area (Å²) >= 11 is 1.27.